The predicted molar refractivity (Wildman–Crippen MR) is 142 cm³/mol. The van der Waals surface area contributed by atoms with Gasteiger partial charge < -0.3 is 4.42 Å². The summed E-state index contributed by atoms with van der Waals surface area (Å²) >= 11 is 0. The number of hydrogen-bond acceptors (Lipinski definition) is 1. The topological polar surface area (TPSA) is 13.1 Å². The largest absolute Gasteiger partial charge is 0.456 e. The van der Waals surface area contributed by atoms with Crippen molar-refractivity contribution in [1.29, 1.82) is 0 Å². The smallest absolute Gasteiger partial charge is 0.136 e. The molecule has 0 spiro atoms. The Morgan fingerprint density at radius 2 is 1.38 bits per heavy atom. The van der Waals surface area contributed by atoms with Crippen molar-refractivity contribution in [3.63, 3.8) is 0 Å². The first-order valence-corrected chi connectivity index (χ1v) is 11.9. The number of rotatable bonds is 2. The number of aryl methyl sites for hydroxylation is 1. The maximum atomic E-state index is 6.30. The number of fused-ring (bicyclic) bond motifs is 6. The van der Waals surface area contributed by atoms with Crippen molar-refractivity contribution in [2.45, 2.75) is 20.3 Å². The van der Waals surface area contributed by atoms with Crippen LogP contribution in [0, 0.1) is 13.8 Å². The highest BCUT2D eigenvalue weighted by Gasteiger charge is 2.26. The van der Waals surface area contributed by atoms with E-state index in [-0.39, 0.29) is 0 Å². The average Bonchev–Trinajstić information content (AvgIpc) is 3.43. The minimum Gasteiger partial charge on any atom is -0.456 e. The molecule has 0 atom stereocenters. The number of furan rings is 1. The molecule has 7 rings (SSSR count). The lowest BCUT2D eigenvalue weighted by Crippen LogP contribution is -1.97. The van der Waals surface area contributed by atoms with Crippen LogP contribution in [0.2, 0.25) is 0 Å². The van der Waals surface area contributed by atoms with Crippen molar-refractivity contribution in [1.82, 2.24) is 0 Å². The van der Waals surface area contributed by atoms with E-state index < -0.39 is 0 Å². The molecular formula is C33H24O. The van der Waals surface area contributed by atoms with Crippen molar-refractivity contribution >= 4 is 21.9 Å². The van der Waals surface area contributed by atoms with E-state index in [0.717, 1.165) is 17.6 Å². The molecule has 0 fully saturated rings. The van der Waals surface area contributed by atoms with Gasteiger partial charge in [0.15, 0.2) is 0 Å². The quantitative estimate of drug-likeness (QED) is 0.263. The fourth-order valence-electron chi connectivity index (χ4n) is 5.82. The Morgan fingerprint density at radius 1 is 0.618 bits per heavy atom. The van der Waals surface area contributed by atoms with Crippen LogP contribution < -0.4 is 0 Å². The van der Waals surface area contributed by atoms with Gasteiger partial charge in [0.25, 0.3) is 0 Å². The molecule has 0 amide bonds. The van der Waals surface area contributed by atoms with Gasteiger partial charge in [-0.2, -0.15) is 0 Å². The minimum atomic E-state index is 0.936. The molecule has 0 saturated carbocycles. The first kappa shape index (κ1) is 19.4. The molecule has 0 N–H and O–H groups in total. The Bertz CT molecular complexity index is 1730. The molecule has 0 radical (unpaired) electrons. The van der Waals surface area contributed by atoms with Crippen LogP contribution in [0.25, 0.3) is 55.3 Å². The van der Waals surface area contributed by atoms with Crippen LogP contribution in [0.3, 0.4) is 0 Å². The maximum absolute atomic E-state index is 6.30. The molecule has 5 aromatic carbocycles. The SMILES string of the molecule is Cc1cc2c(c(-c3ccc4oc5ccccc5c4c3-c3ccccc3)c1C)Cc1ccccc1-2. The van der Waals surface area contributed by atoms with Gasteiger partial charge in [-0.25, -0.2) is 0 Å². The number of benzene rings is 5. The molecule has 1 heterocycles. The summed E-state index contributed by atoms with van der Waals surface area (Å²) in [7, 11) is 0. The monoisotopic (exact) mass is 436 g/mol. The van der Waals surface area contributed by atoms with E-state index in [2.05, 4.69) is 105 Å². The normalized spacial score (nSPS) is 12.3. The Balaban J connectivity index is 1.64. The Morgan fingerprint density at radius 3 is 2.26 bits per heavy atom. The van der Waals surface area contributed by atoms with Gasteiger partial charge in [-0.3, -0.25) is 0 Å². The Labute approximate surface area is 199 Å². The lowest BCUT2D eigenvalue weighted by molar-refractivity contribution is 0.669. The van der Waals surface area contributed by atoms with Crippen molar-refractivity contribution < 1.29 is 4.42 Å². The number of para-hydroxylation sites is 1. The van der Waals surface area contributed by atoms with Gasteiger partial charge in [-0.15, -0.1) is 0 Å². The van der Waals surface area contributed by atoms with Gasteiger partial charge in [0.05, 0.1) is 0 Å². The zero-order chi connectivity index (χ0) is 22.8. The summed E-state index contributed by atoms with van der Waals surface area (Å²) in [6.45, 7) is 4.52. The summed E-state index contributed by atoms with van der Waals surface area (Å²) in [5.41, 5.74) is 15.3. The molecular weight excluding hydrogens is 412 g/mol. The van der Waals surface area contributed by atoms with E-state index >= 15 is 0 Å². The predicted octanol–water partition coefficient (Wildman–Crippen LogP) is 9.11. The molecule has 1 aliphatic rings. The second kappa shape index (κ2) is 7.20. The van der Waals surface area contributed by atoms with Crippen molar-refractivity contribution in [3.05, 3.63) is 119 Å². The summed E-state index contributed by atoms with van der Waals surface area (Å²) in [5, 5.41) is 2.37. The van der Waals surface area contributed by atoms with E-state index in [1.54, 1.807) is 0 Å². The average molecular weight is 437 g/mol. The molecule has 0 bridgehead atoms. The third-order valence-electron chi connectivity index (χ3n) is 7.50. The van der Waals surface area contributed by atoms with Crippen LogP contribution in [0.1, 0.15) is 22.3 Å². The standard InChI is InChI=1S/C33H24O/c1-20-18-27-24-13-7-6-12-23(24)19-28(27)31(21(20)2)26-16-17-30-33(25-14-8-9-15-29(25)34-30)32(26)22-10-4-3-5-11-22/h3-18H,19H2,1-2H3. The summed E-state index contributed by atoms with van der Waals surface area (Å²) < 4.78 is 6.30. The van der Waals surface area contributed by atoms with Crippen LogP contribution >= 0.6 is 0 Å². The second-order valence-corrected chi connectivity index (χ2v) is 9.38. The van der Waals surface area contributed by atoms with Gasteiger partial charge in [-0.05, 0) is 88.5 Å². The van der Waals surface area contributed by atoms with Gasteiger partial charge in [-0.1, -0.05) is 78.9 Å². The first-order valence-electron chi connectivity index (χ1n) is 11.9. The number of hydrogen-bond donors (Lipinski definition) is 0. The highest BCUT2D eigenvalue weighted by atomic mass is 16.3. The van der Waals surface area contributed by atoms with E-state index in [1.807, 2.05) is 6.07 Å². The van der Waals surface area contributed by atoms with Crippen molar-refractivity contribution in [2.24, 2.45) is 0 Å². The first-order chi connectivity index (χ1) is 16.7. The second-order valence-electron chi connectivity index (χ2n) is 9.38. The lowest BCUT2D eigenvalue weighted by Gasteiger charge is -2.19. The zero-order valence-electron chi connectivity index (χ0n) is 19.4. The van der Waals surface area contributed by atoms with E-state index in [4.69, 9.17) is 4.42 Å². The van der Waals surface area contributed by atoms with Crippen molar-refractivity contribution in [3.8, 4) is 33.4 Å². The van der Waals surface area contributed by atoms with Crippen LogP contribution in [0.4, 0.5) is 0 Å². The Hall–Kier alpha value is -4.10. The van der Waals surface area contributed by atoms with Gasteiger partial charge in [0.2, 0.25) is 0 Å². The molecule has 1 aromatic heterocycles. The highest BCUT2D eigenvalue weighted by Crippen LogP contribution is 2.49. The van der Waals surface area contributed by atoms with Gasteiger partial charge in [0, 0.05) is 16.3 Å². The summed E-state index contributed by atoms with van der Waals surface area (Å²) in [6, 6.07) is 34.9. The molecule has 0 unspecified atom stereocenters. The maximum Gasteiger partial charge on any atom is 0.136 e. The third-order valence-corrected chi connectivity index (χ3v) is 7.50. The highest BCUT2D eigenvalue weighted by molar-refractivity contribution is 6.16. The van der Waals surface area contributed by atoms with E-state index in [1.165, 1.54) is 66.4 Å². The molecule has 34 heavy (non-hydrogen) atoms. The molecule has 1 aliphatic carbocycles. The molecule has 0 aliphatic heterocycles. The fraction of sp³-hybridized carbons (Fsp3) is 0.0909. The lowest BCUT2D eigenvalue weighted by atomic mass is 9.84. The van der Waals surface area contributed by atoms with Crippen molar-refractivity contribution in [2.75, 3.05) is 0 Å². The zero-order valence-corrected chi connectivity index (χ0v) is 19.4. The van der Waals surface area contributed by atoms with Crippen LogP contribution in [-0.4, -0.2) is 0 Å². The molecule has 6 aromatic rings. The van der Waals surface area contributed by atoms with Gasteiger partial charge >= 0.3 is 0 Å². The molecule has 1 heteroatoms. The summed E-state index contributed by atoms with van der Waals surface area (Å²) in [6.07, 6.45) is 0.973. The third kappa shape index (κ3) is 2.67. The van der Waals surface area contributed by atoms with Crippen LogP contribution in [0.15, 0.2) is 101 Å². The molecule has 0 saturated heterocycles. The van der Waals surface area contributed by atoms with Crippen LogP contribution in [-0.2, 0) is 6.42 Å². The van der Waals surface area contributed by atoms with Gasteiger partial charge in [0.1, 0.15) is 11.2 Å². The molecule has 1 nitrogen and oxygen atoms in total. The molecule has 162 valence electrons. The minimum absolute atomic E-state index is 0.936. The summed E-state index contributed by atoms with van der Waals surface area (Å²) in [5.74, 6) is 0. The fourth-order valence-corrected chi connectivity index (χ4v) is 5.82. The van der Waals surface area contributed by atoms with E-state index in [0.29, 0.717) is 0 Å². The Kier molecular flexibility index (Phi) is 4.10. The summed E-state index contributed by atoms with van der Waals surface area (Å²) in [4.78, 5) is 0. The van der Waals surface area contributed by atoms with E-state index in [9.17, 15) is 0 Å². The van der Waals surface area contributed by atoms with Crippen LogP contribution in [0.5, 0.6) is 0 Å².